The van der Waals surface area contributed by atoms with Crippen LogP contribution in [0.2, 0.25) is 10.0 Å². The van der Waals surface area contributed by atoms with Crippen LogP contribution in [0, 0.1) is 11.3 Å². The predicted molar refractivity (Wildman–Crippen MR) is 78.6 cm³/mol. The highest BCUT2D eigenvalue weighted by atomic mass is 35.5. The van der Waals surface area contributed by atoms with E-state index in [4.69, 9.17) is 37.9 Å². The second-order valence-corrected chi connectivity index (χ2v) is 4.72. The molecule has 0 saturated heterocycles. The Morgan fingerprint density at radius 2 is 1.65 bits per heavy atom. The molecule has 3 nitrogen and oxygen atoms in total. The molecule has 0 aliphatic rings. The van der Waals surface area contributed by atoms with Crippen LogP contribution in [0.4, 0.5) is 0 Å². The monoisotopic (exact) mass is 307 g/mol. The van der Waals surface area contributed by atoms with Gasteiger partial charge in [-0.15, -0.1) is 0 Å². The van der Waals surface area contributed by atoms with E-state index in [9.17, 15) is 0 Å². The molecular formula is C15H11Cl2NO2. The average Bonchev–Trinajstić information content (AvgIpc) is 2.46. The Labute approximate surface area is 127 Å². The van der Waals surface area contributed by atoms with E-state index in [1.807, 2.05) is 18.2 Å². The SMILES string of the molecule is N#Cc1cc(Cl)ccc1OCCOc1ccccc1Cl. The molecule has 0 unspecified atom stereocenters. The molecular weight excluding hydrogens is 297 g/mol. The topological polar surface area (TPSA) is 42.2 Å². The molecule has 5 heteroatoms. The largest absolute Gasteiger partial charge is 0.489 e. The maximum Gasteiger partial charge on any atom is 0.138 e. The second kappa shape index (κ2) is 7.04. The minimum absolute atomic E-state index is 0.307. The van der Waals surface area contributed by atoms with Crippen LogP contribution in [-0.4, -0.2) is 13.2 Å². The lowest BCUT2D eigenvalue weighted by atomic mass is 10.2. The summed E-state index contributed by atoms with van der Waals surface area (Å²) in [5, 5.41) is 10.0. The van der Waals surface area contributed by atoms with Crippen LogP contribution >= 0.6 is 23.2 Å². The van der Waals surface area contributed by atoms with Crippen molar-refractivity contribution in [2.24, 2.45) is 0 Å². The normalized spacial score (nSPS) is 9.85. The first kappa shape index (κ1) is 14.5. The summed E-state index contributed by atoms with van der Waals surface area (Å²) >= 11 is 11.8. The van der Waals surface area contributed by atoms with Crippen molar-refractivity contribution in [2.45, 2.75) is 0 Å². The van der Waals surface area contributed by atoms with E-state index in [0.29, 0.717) is 40.3 Å². The summed E-state index contributed by atoms with van der Waals surface area (Å²) in [6, 6.07) is 14.1. The number of nitriles is 1. The van der Waals surface area contributed by atoms with E-state index in [1.165, 1.54) is 0 Å². The Morgan fingerprint density at radius 1 is 0.950 bits per heavy atom. The molecule has 0 aliphatic carbocycles. The molecule has 0 fully saturated rings. The zero-order valence-corrected chi connectivity index (χ0v) is 12.0. The van der Waals surface area contributed by atoms with Gasteiger partial charge in [0.25, 0.3) is 0 Å². The Balaban J connectivity index is 1.88. The Kier molecular flexibility index (Phi) is 5.11. The Hall–Kier alpha value is -1.89. The molecule has 2 rings (SSSR count). The molecule has 0 radical (unpaired) electrons. The van der Waals surface area contributed by atoms with Crippen LogP contribution in [0.1, 0.15) is 5.56 Å². The van der Waals surface area contributed by atoms with Crippen molar-refractivity contribution in [1.82, 2.24) is 0 Å². The van der Waals surface area contributed by atoms with Crippen molar-refractivity contribution in [3.05, 3.63) is 58.1 Å². The maximum atomic E-state index is 8.98. The highest BCUT2D eigenvalue weighted by Crippen LogP contribution is 2.24. The van der Waals surface area contributed by atoms with Gasteiger partial charge >= 0.3 is 0 Å². The van der Waals surface area contributed by atoms with Gasteiger partial charge < -0.3 is 9.47 Å². The molecule has 0 aromatic heterocycles. The lowest BCUT2D eigenvalue weighted by molar-refractivity contribution is 0.217. The smallest absolute Gasteiger partial charge is 0.138 e. The van der Waals surface area contributed by atoms with Gasteiger partial charge in [-0.25, -0.2) is 0 Å². The number of rotatable bonds is 5. The third-order valence-electron chi connectivity index (χ3n) is 2.50. The molecule has 2 aromatic rings. The van der Waals surface area contributed by atoms with Crippen LogP contribution in [0.3, 0.4) is 0 Å². The van der Waals surface area contributed by atoms with Gasteiger partial charge in [0.1, 0.15) is 30.8 Å². The van der Waals surface area contributed by atoms with Crippen LogP contribution < -0.4 is 9.47 Å². The summed E-state index contributed by atoms with van der Waals surface area (Å²) < 4.78 is 11.0. The average molecular weight is 308 g/mol. The minimum atomic E-state index is 0.307. The van der Waals surface area contributed by atoms with Crippen molar-refractivity contribution in [1.29, 1.82) is 5.26 Å². The van der Waals surface area contributed by atoms with Crippen LogP contribution in [-0.2, 0) is 0 Å². The van der Waals surface area contributed by atoms with Crippen LogP contribution in [0.5, 0.6) is 11.5 Å². The predicted octanol–water partition coefficient (Wildman–Crippen LogP) is 4.32. The molecule has 0 bridgehead atoms. The van der Waals surface area contributed by atoms with Gasteiger partial charge in [0, 0.05) is 5.02 Å². The fraction of sp³-hybridized carbons (Fsp3) is 0.133. The highest BCUT2D eigenvalue weighted by Gasteiger charge is 2.04. The van der Waals surface area contributed by atoms with Crippen LogP contribution in [0.25, 0.3) is 0 Å². The number of nitrogens with zero attached hydrogens (tertiary/aromatic N) is 1. The van der Waals surface area contributed by atoms with Gasteiger partial charge in [-0.2, -0.15) is 5.26 Å². The van der Waals surface area contributed by atoms with Crippen molar-refractivity contribution in [3.63, 3.8) is 0 Å². The van der Waals surface area contributed by atoms with Gasteiger partial charge in [0.05, 0.1) is 10.6 Å². The number of halogens is 2. The second-order valence-electron chi connectivity index (χ2n) is 3.88. The van der Waals surface area contributed by atoms with Crippen molar-refractivity contribution in [3.8, 4) is 17.6 Å². The van der Waals surface area contributed by atoms with Gasteiger partial charge in [-0.05, 0) is 30.3 Å². The summed E-state index contributed by atoms with van der Waals surface area (Å²) in [5.41, 5.74) is 0.398. The van der Waals surface area contributed by atoms with Gasteiger partial charge in [0.2, 0.25) is 0 Å². The molecule has 0 saturated carbocycles. The van der Waals surface area contributed by atoms with Gasteiger partial charge in [0.15, 0.2) is 0 Å². The van der Waals surface area contributed by atoms with E-state index in [0.717, 1.165) is 0 Å². The summed E-state index contributed by atoms with van der Waals surface area (Å²) in [5.74, 6) is 1.09. The molecule has 0 amide bonds. The lowest BCUT2D eigenvalue weighted by Crippen LogP contribution is -2.09. The molecule has 0 atom stereocenters. The summed E-state index contributed by atoms with van der Waals surface area (Å²) in [4.78, 5) is 0. The van der Waals surface area contributed by atoms with Crippen molar-refractivity contribution in [2.75, 3.05) is 13.2 Å². The van der Waals surface area contributed by atoms with Crippen molar-refractivity contribution >= 4 is 23.2 Å². The molecule has 2 aromatic carbocycles. The molecule has 0 N–H and O–H groups in total. The Bertz CT molecular complexity index is 638. The summed E-state index contributed by atoms with van der Waals surface area (Å²) in [6.45, 7) is 0.638. The van der Waals surface area contributed by atoms with Gasteiger partial charge in [-0.3, -0.25) is 0 Å². The van der Waals surface area contributed by atoms with E-state index >= 15 is 0 Å². The van der Waals surface area contributed by atoms with Crippen molar-refractivity contribution < 1.29 is 9.47 Å². The number of hydrogen-bond acceptors (Lipinski definition) is 3. The molecule has 0 heterocycles. The first-order valence-electron chi connectivity index (χ1n) is 5.90. The number of benzene rings is 2. The minimum Gasteiger partial charge on any atom is -0.489 e. The first-order chi connectivity index (χ1) is 9.70. The number of hydrogen-bond donors (Lipinski definition) is 0. The van der Waals surface area contributed by atoms with E-state index in [2.05, 4.69) is 0 Å². The molecule has 0 spiro atoms. The standard InChI is InChI=1S/C15H11Cl2NO2/c16-12-5-6-14(11(9-12)10-18)19-7-8-20-15-4-2-1-3-13(15)17/h1-6,9H,7-8H2. The number of para-hydroxylation sites is 1. The molecule has 20 heavy (non-hydrogen) atoms. The summed E-state index contributed by atoms with van der Waals surface area (Å²) in [6.07, 6.45) is 0. The third-order valence-corrected chi connectivity index (χ3v) is 3.04. The highest BCUT2D eigenvalue weighted by molar-refractivity contribution is 6.32. The van der Waals surface area contributed by atoms with Crippen LogP contribution in [0.15, 0.2) is 42.5 Å². The summed E-state index contributed by atoms with van der Waals surface area (Å²) in [7, 11) is 0. The van der Waals surface area contributed by atoms with Gasteiger partial charge in [-0.1, -0.05) is 35.3 Å². The van der Waals surface area contributed by atoms with E-state index < -0.39 is 0 Å². The molecule has 102 valence electrons. The maximum absolute atomic E-state index is 8.98. The van der Waals surface area contributed by atoms with E-state index in [1.54, 1.807) is 30.3 Å². The zero-order chi connectivity index (χ0) is 14.4. The third kappa shape index (κ3) is 3.80. The van der Waals surface area contributed by atoms with E-state index in [-0.39, 0.29) is 0 Å². The quantitative estimate of drug-likeness (QED) is 0.772. The molecule has 0 aliphatic heterocycles. The first-order valence-corrected chi connectivity index (χ1v) is 6.66. The zero-order valence-electron chi connectivity index (χ0n) is 10.5. The fourth-order valence-electron chi connectivity index (χ4n) is 1.58. The Morgan fingerprint density at radius 3 is 2.35 bits per heavy atom. The fourth-order valence-corrected chi connectivity index (χ4v) is 1.94. The number of ether oxygens (including phenoxy) is 2. The lowest BCUT2D eigenvalue weighted by Gasteiger charge is -2.10.